The number of benzene rings is 1. The molecule has 58 heavy (non-hydrogen) atoms. The molecule has 320 valence electrons. The van der Waals surface area contributed by atoms with Crippen LogP contribution in [0.4, 0.5) is 0 Å². The first-order valence-corrected chi connectivity index (χ1v) is 18.7. The number of aliphatic carboxylic acids is 1. The molecule has 0 saturated carbocycles. The minimum atomic E-state index is -1.44. The summed E-state index contributed by atoms with van der Waals surface area (Å²) in [6.07, 6.45) is 1.94. The van der Waals surface area contributed by atoms with E-state index in [0.717, 1.165) is 12.2 Å². The summed E-state index contributed by atoms with van der Waals surface area (Å²) < 4.78 is 0. The summed E-state index contributed by atoms with van der Waals surface area (Å²) in [5, 5.41) is 28.7. The molecular weight excluding hydrogens is 758 g/mol. The summed E-state index contributed by atoms with van der Waals surface area (Å²) >= 11 is 0. The average molecular weight is 816 g/mol. The number of hydrogen-bond acceptors (Lipinski definition) is 10. The maximum absolute atomic E-state index is 13.6. The molecule has 0 fully saturated rings. The lowest BCUT2D eigenvalue weighted by Crippen LogP contribution is -2.61. The van der Waals surface area contributed by atoms with E-state index in [9.17, 15) is 53.1 Å². The molecule has 0 heterocycles. The largest absolute Gasteiger partial charge is 0.480 e. The Morgan fingerprint density at radius 1 is 0.638 bits per heavy atom. The maximum atomic E-state index is 13.6. The van der Waals surface area contributed by atoms with E-state index in [1.807, 2.05) is 0 Å². The Morgan fingerprint density at radius 2 is 1.17 bits per heavy atom. The van der Waals surface area contributed by atoms with Crippen molar-refractivity contribution in [3.63, 3.8) is 0 Å². The molecule has 0 aliphatic rings. The van der Waals surface area contributed by atoms with Crippen LogP contribution < -0.4 is 48.3 Å². The van der Waals surface area contributed by atoms with E-state index in [0.29, 0.717) is 12.0 Å². The third kappa shape index (κ3) is 18.5. The molecule has 1 rings (SSSR count). The Hall–Kier alpha value is -6.34. The van der Waals surface area contributed by atoms with Crippen molar-refractivity contribution in [2.45, 2.75) is 91.5 Å². The molecule has 20 nitrogen and oxygen atoms in total. The van der Waals surface area contributed by atoms with Crippen molar-refractivity contribution in [2.24, 2.45) is 23.5 Å². The minimum Gasteiger partial charge on any atom is -0.480 e. The lowest BCUT2D eigenvalue weighted by atomic mass is 9.95. The Morgan fingerprint density at radius 3 is 1.71 bits per heavy atom. The summed E-state index contributed by atoms with van der Waals surface area (Å²) in [5.74, 6) is -9.52. The van der Waals surface area contributed by atoms with Crippen LogP contribution in [0.25, 0.3) is 0 Å². The van der Waals surface area contributed by atoms with E-state index in [-0.39, 0.29) is 12.3 Å². The van der Waals surface area contributed by atoms with Gasteiger partial charge in [-0.3, -0.25) is 43.2 Å². The zero-order valence-electron chi connectivity index (χ0n) is 33.8. The number of nitrogens with two attached hydrogens (primary N) is 1. The van der Waals surface area contributed by atoms with Gasteiger partial charge in [-0.1, -0.05) is 78.3 Å². The molecule has 0 spiro atoms. The Balaban J connectivity index is 2.88. The summed E-state index contributed by atoms with van der Waals surface area (Å²) in [6, 6.07) is 2.58. The number of amides is 9. The highest BCUT2D eigenvalue weighted by molar-refractivity contribution is 6.00. The fraction of sp³-hybridized carbons (Fsp3) is 0.526. The number of primary amides is 1. The van der Waals surface area contributed by atoms with Crippen molar-refractivity contribution >= 4 is 59.1 Å². The first-order chi connectivity index (χ1) is 27.2. The van der Waals surface area contributed by atoms with E-state index in [2.05, 4.69) is 42.5 Å². The van der Waals surface area contributed by atoms with Crippen molar-refractivity contribution in [1.82, 2.24) is 42.5 Å². The molecule has 1 aromatic carbocycles. The van der Waals surface area contributed by atoms with Crippen LogP contribution in [-0.4, -0.2) is 114 Å². The molecule has 11 N–H and O–H groups in total. The second-order valence-electron chi connectivity index (χ2n) is 14.2. The van der Waals surface area contributed by atoms with Crippen LogP contribution in [0.3, 0.4) is 0 Å². The zero-order valence-corrected chi connectivity index (χ0v) is 33.8. The molecular formula is C38H57N9O11. The van der Waals surface area contributed by atoms with Gasteiger partial charge in [0.15, 0.2) is 0 Å². The average Bonchev–Trinajstić information content (AvgIpc) is 3.16. The molecule has 20 heteroatoms. The van der Waals surface area contributed by atoms with Gasteiger partial charge in [0.25, 0.3) is 0 Å². The molecule has 1 aromatic rings. The first-order valence-electron chi connectivity index (χ1n) is 18.7. The quantitative estimate of drug-likeness (QED) is 0.0487. The van der Waals surface area contributed by atoms with E-state index >= 15 is 0 Å². The molecule has 0 radical (unpaired) electrons. The van der Waals surface area contributed by atoms with Crippen LogP contribution >= 0.6 is 0 Å². The lowest BCUT2D eigenvalue weighted by molar-refractivity contribution is -0.141. The summed E-state index contributed by atoms with van der Waals surface area (Å²) in [6.45, 7) is 9.76. The van der Waals surface area contributed by atoms with Crippen LogP contribution in [0.5, 0.6) is 0 Å². The third-order valence-electron chi connectivity index (χ3n) is 8.67. The van der Waals surface area contributed by atoms with Crippen molar-refractivity contribution in [3.8, 4) is 0 Å². The third-order valence-corrected chi connectivity index (χ3v) is 8.67. The molecule has 0 aliphatic heterocycles. The molecule has 0 saturated heterocycles. The maximum Gasteiger partial charge on any atom is 0.326 e. The lowest BCUT2D eigenvalue weighted by Gasteiger charge is -2.30. The minimum absolute atomic E-state index is 0.0151. The van der Waals surface area contributed by atoms with Crippen LogP contribution in [0, 0.1) is 17.8 Å². The summed E-state index contributed by atoms with van der Waals surface area (Å²) in [4.78, 5) is 125. The van der Waals surface area contributed by atoms with Gasteiger partial charge in [-0.2, -0.15) is 0 Å². The number of carbonyl (C=O) groups excluding carboxylic acids is 9. The smallest absolute Gasteiger partial charge is 0.326 e. The van der Waals surface area contributed by atoms with Crippen LogP contribution in [-0.2, 0) is 54.4 Å². The molecule has 0 unspecified atom stereocenters. The number of hydrogen-bond donors (Lipinski definition) is 10. The van der Waals surface area contributed by atoms with Gasteiger partial charge in [-0.25, -0.2) is 4.79 Å². The highest BCUT2D eigenvalue weighted by atomic mass is 16.4. The Bertz CT molecular complexity index is 1670. The van der Waals surface area contributed by atoms with Gasteiger partial charge < -0.3 is 53.4 Å². The topological polar surface area (TPSA) is 313 Å². The van der Waals surface area contributed by atoms with Gasteiger partial charge in [0.2, 0.25) is 53.2 Å². The fourth-order valence-electron chi connectivity index (χ4n) is 5.13. The van der Waals surface area contributed by atoms with Gasteiger partial charge in [-0.05, 0) is 23.3 Å². The van der Waals surface area contributed by atoms with E-state index < -0.39 is 121 Å². The number of nitrogens with one attached hydrogen (secondary N) is 8. The summed E-state index contributed by atoms with van der Waals surface area (Å²) in [5.41, 5.74) is 6.11. The summed E-state index contributed by atoms with van der Waals surface area (Å²) in [7, 11) is 0. The molecule has 6 atom stereocenters. The standard InChI is InChI=1S/C38H57N9O11/c1-8-22(6)33(37(56)46-32(21(4)5)36(55)45-31(20(2)3)34(39)53)47-35(54)26(17-40-23(7)48)44-28(50)15-14-27(49)41-18-29(51)42-19-30(52)43-25(38(57)58)16-24-12-10-9-11-13-24/h9-15,20-22,25-26,31-33H,8,16-19H2,1-7H3,(H2,39,53)(H,40,48)(H,41,49)(H,42,51)(H,43,52)(H,44,50)(H,45,55)(H,46,56)(H,47,54)(H,57,58)/b15-14+/t22-,25-,26-,31-,32-,33-/m0/s1. The van der Waals surface area contributed by atoms with E-state index in [1.165, 1.54) is 6.92 Å². The highest BCUT2D eigenvalue weighted by Crippen LogP contribution is 2.12. The number of carbonyl (C=O) groups is 10. The molecule has 0 aliphatic carbocycles. The van der Waals surface area contributed by atoms with Crippen molar-refractivity contribution in [1.29, 1.82) is 0 Å². The van der Waals surface area contributed by atoms with Gasteiger partial charge in [0.1, 0.15) is 30.2 Å². The van der Waals surface area contributed by atoms with Gasteiger partial charge in [-0.15, -0.1) is 0 Å². The Labute approximate surface area is 337 Å². The number of rotatable bonds is 24. The number of carboxylic acid groups (broad SMARTS) is 1. The van der Waals surface area contributed by atoms with Crippen LogP contribution in [0.15, 0.2) is 42.5 Å². The van der Waals surface area contributed by atoms with Crippen LogP contribution in [0.1, 0.15) is 60.5 Å². The highest BCUT2D eigenvalue weighted by Gasteiger charge is 2.34. The predicted octanol–water partition coefficient (Wildman–Crippen LogP) is -2.49. The Kier molecular flexibility index (Phi) is 21.4. The second kappa shape index (κ2) is 25.0. The van der Waals surface area contributed by atoms with E-state index in [4.69, 9.17) is 5.73 Å². The molecule has 0 bridgehead atoms. The van der Waals surface area contributed by atoms with E-state index in [1.54, 1.807) is 71.9 Å². The van der Waals surface area contributed by atoms with Crippen molar-refractivity contribution in [2.75, 3.05) is 19.6 Å². The number of carboxylic acids is 1. The predicted molar refractivity (Wildman–Crippen MR) is 210 cm³/mol. The fourth-order valence-corrected chi connectivity index (χ4v) is 5.13. The van der Waals surface area contributed by atoms with Crippen molar-refractivity contribution in [3.05, 3.63) is 48.0 Å². The zero-order chi connectivity index (χ0) is 44.1. The normalized spacial score (nSPS) is 14.1. The monoisotopic (exact) mass is 815 g/mol. The van der Waals surface area contributed by atoms with Gasteiger partial charge in [0.05, 0.1) is 13.1 Å². The molecule has 9 amide bonds. The van der Waals surface area contributed by atoms with Crippen molar-refractivity contribution < 1.29 is 53.1 Å². The molecule has 0 aromatic heterocycles. The van der Waals surface area contributed by atoms with Crippen LogP contribution in [0.2, 0.25) is 0 Å². The van der Waals surface area contributed by atoms with Gasteiger partial charge >= 0.3 is 5.97 Å². The second-order valence-corrected chi connectivity index (χ2v) is 14.2. The van der Waals surface area contributed by atoms with Gasteiger partial charge in [0, 0.05) is 32.0 Å². The SMILES string of the molecule is CC[C@H](C)[C@H](NC(=O)[C@H](CNC(C)=O)NC(=O)/C=C/C(=O)NCC(=O)NCC(=O)N[C@@H](Cc1ccccc1)C(=O)O)C(=O)N[C@H](C(=O)N[C@H](C(N)=O)C(C)C)C(C)C. The first kappa shape index (κ1) is 49.7.